The van der Waals surface area contributed by atoms with Gasteiger partial charge in [0.05, 0.1) is 15.7 Å². The number of nitrogens with zero attached hydrogens (tertiary/aromatic N) is 1. The van der Waals surface area contributed by atoms with Gasteiger partial charge in [-0.2, -0.15) is 0 Å². The summed E-state index contributed by atoms with van der Waals surface area (Å²) in [6.07, 6.45) is 11.9. The number of hydrogen-bond donors (Lipinski definition) is 1. The van der Waals surface area contributed by atoms with Gasteiger partial charge < -0.3 is 10.2 Å². The van der Waals surface area contributed by atoms with Gasteiger partial charge in [0.2, 0.25) is 0 Å². The summed E-state index contributed by atoms with van der Waals surface area (Å²) >= 11 is 12.3. The van der Waals surface area contributed by atoms with E-state index in [-0.39, 0.29) is 6.03 Å². The molecule has 0 spiro atoms. The Morgan fingerprint density at radius 3 is 2.00 bits per heavy atom. The SMILES string of the molecule is O=C(Nc1cccc(Cl)c1Cl)N(C1CCCCC1)C1CCCCC1. The van der Waals surface area contributed by atoms with Crippen LogP contribution in [0, 0.1) is 0 Å². The summed E-state index contributed by atoms with van der Waals surface area (Å²) in [5.74, 6) is 0. The van der Waals surface area contributed by atoms with E-state index in [1.165, 1.54) is 38.5 Å². The molecule has 0 heterocycles. The third kappa shape index (κ3) is 4.18. The highest BCUT2D eigenvalue weighted by Gasteiger charge is 2.32. The first-order valence-corrected chi connectivity index (χ1v) is 9.96. The predicted octanol–water partition coefficient (Wildman–Crippen LogP) is 6.49. The molecule has 2 aliphatic carbocycles. The first kappa shape index (κ1) is 17.9. The van der Waals surface area contributed by atoms with E-state index in [0.717, 1.165) is 25.7 Å². The summed E-state index contributed by atoms with van der Waals surface area (Å²) in [4.78, 5) is 15.2. The molecule has 1 aromatic carbocycles. The summed E-state index contributed by atoms with van der Waals surface area (Å²) in [7, 11) is 0. The lowest BCUT2D eigenvalue weighted by molar-refractivity contribution is 0.114. The Morgan fingerprint density at radius 1 is 0.917 bits per heavy atom. The second-order valence-electron chi connectivity index (χ2n) is 7.02. The maximum absolute atomic E-state index is 13.1. The fourth-order valence-electron chi connectivity index (χ4n) is 4.13. The van der Waals surface area contributed by atoms with Gasteiger partial charge in [0.15, 0.2) is 0 Å². The van der Waals surface area contributed by atoms with E-state index in [4.69, 9.17) is 23.2 Å². The van der Waals surface area contributed by atoms with Gasteiger partial charge in [-0.15, -0.1) is 0 Å². The normalized spacial score (nSPS) is 19.9. The molecule has 0 bridgehead atoms. The standard InChI is InChI=1S/C19H26Cl2N2O/c20-16-12-7-13-17(18(16)21)22-19(24)23(14-8-3-1-4-9-14)15-10-5-2-6-11-15/h7,12-15H,1-6,8-11H2,(H,22,24). The molecule has 0 saturated heterocycles. The molecule has 0 aliphatic heterocycles. The maximum Gasteiger partial charge on any atom is 0.322 e. The zero-order chi connectivity index (χ0) is 16.9. The van der Waals surface area contributed by atoms with E-state index in [9.17, 15) is 4.79 Å². The fraction of sp³-hybridized carbons (Fsp3) is 0.632. The molecular formula is C19H26Cl2N2O. The second kappa shape index (κ2) is 8.44. The number of hydrogen-bond acceptors (Lipinski definition) is 1. The Morgan fingerprint density at radius 2 is 1.46 bits per heavy atom. The molecule has 2 fully saturated rings. The molecule has 2 amide bonds. The Balaban J connectivity index is 1.78. The fourth-order valence-corrected chi connectivity index (χ4v) is 4.48. The van der Waals surface area contributed by atoms with E-state index in [1.807, 2.05) is 12.1 Å². The van der Waals surface area contributed by atoms with Crippen molar-refractivity contribution in [2.75, 3.05) is 5.32 Å². The van der Waals surface area contributed by atoms with E-state index >= 15 is 0 Å². The average Bonchev–Trinajstić information content (AvgIpc) is 2.61. The van der Waals surface area contributed by atoms with Gasteiger partial charge in [0.1, 0.15) is 0 Å². The number of anilines is 1. The highest BCUT2D eigenvalue weighted by molar-refractivity contribution is 6.43. The van der Waals surface area contributed by atoms with Crippen molar-refractivity contribution in [2.24, 2.45) is 0 Å². The van der Waals surface area contributed by atoms with Crippen LogP contribution >= 0.6 is 23.2 Å². The molecule has 24 heavy (non-hydrogen) atoms. The topological polar surface area (TPSA) is 32.3 Å². The molecule has 0 unspecified atom stereocenters. The number of urea groups is 1. The van der Waals surface area contributed by atoms with Gasteiger partial charge in [-0.25, -0.2) is 4.79 Å². The van der Waals surface area contributed by atoms with Crippen molar-refractivity contribution >= 4 is 34.9 Å². The van der Waals surface area contributed by atoms with Crippen molar-refractivity contribution in [3.63, 3.8) is 0 Å². The van der Waals surface area contributed by atoms with Crippen molar-refractivity contribution in [2.45, 2.75) is 76.3 Å². The Kier molecular flexibility index (Phi) is 6.29. The van der Waals surface area contributed by atoms with Crippen molar-refractivity contribution in [3.05, 3.63) is 28.2 Å². The van der Waals surface area contributed by atoms with Crippen LogP contribution in [-0.4, -0.2) is 23.0 Å². The van der Waals surface area contributed by atoms with Crippen LogP contribution in [0.25, 0.3) is 0 Å². The molecule has 0 aromatic heterocycles. The van der Waals surface area contributed by atoms with Gasteiger partial charge in [-0.3, -0.25) is 0 Å². The van der Waals surface area contributed by atoms with Crippen LogP contribution in [0.1, 0.15) is 64.2 Å². The number of rotatable bonds is 3. The van der Waals surface area contributed by atoms with Crippen LogP contribution in [0.2, 0.25) is 10.0 Å². The Hall–Kier alpha value is -0.930. The summed E-state index contributed by atoms with van der Waals surface area (Å²) < 4.78 is 0. The van der Waals surface area contributed by atoms with Crippen molar-refractivity contribution < 1.29 is 4.79 Å². The minimum atomic E-state index is -0.0158. The molecule has 1 aromatic rings. The van der Waals surface area contributed by atoms with E-state index in [1.54, 1.807) is 6.07 Å². The minimum absolute atomic E-state index is 0.0158. The molecule has 0 atom stereocenters. The van der Waals surface area contributed by atoms with Gasteiger partial charge in [0, 0.05) is 12.1 Å². The largest absolute Gasteiger partial charge is 0.322 e. The quantitative estimate of drug-likeness (QED) is 0.649. The van der Waals surface area contributed by atoms with Crippen molar-refractivity contribution in [1.29, 1.82) is 0 Å². The number of benzene rings is 1. The Bertz CT molecular complexity index is 548. The lowest BCUT2D eigenvalue weighted by atomic mass is 9.89. The maximum atomic E-state index is 13.1. The van der Waals surface area contributed by atoms with E-state index in [0.29, 0.717) is 27.8 Å². The first-order valence-electron chi connectivity index (χ1n) is 9.20. The second-order valence-corrected chi connectivity index (χ2v) is 7.81. The molecule has 2 saturated carbocycles. The molecule has 3 nitrogen and oxygen atoms in total. The molecule has 1 N–H and O–H groups in total. The van der Waals surface area contributed by atoms with Gasteiger partial charge in [-0.1, -0.05) is 67.8 Å². The third-order valence-corrected chi connectivity index (χ3v) is 6.18. The van der Waals surface area contributed by atoms with Gasteiger partial charge in [-0.05, 0) is 37.8 Å². The summed E-state index contributed by atoms with van der Waals surface area (Å²) in [5, 5.41) is 3.90. The third-order valence-electron chi connectivity index (χ3n) is 5.36. The number of carbonyl (C=O) groups excluding carboxylic acids is 1. The van der Waals surface area contributed by atoms with E-state index < -0.39 is 0 Å². The van der Waals surface area contributed by atoms with Crippen LogP contribution in [0.3, 0.4) is 0 Å². The molecule has 0 radical (unpaired) electrons. The van der Waals surface area contributed by atoms with Crippen LogP contribution in [0.4, 0.5) is 10.5 Å². The van der Waals surface area contributed by atoms with Gasteiger partial charge in [0.25, 0.3) is 0 Å². The number of carbonyl (C=O) groups is 1. The zero-order valence-electron chi connectivity index (χ0n) is 14.1. The summed E-state index contributed by atoms with van der Waals surface area (Å²) in [6, 6.07) is 6.07. The van der Waals surface area contributed by atoms with Crippen LogP contribution in [-0.2, 0) is 0 Å². The van der Waals surface area contributed by atoms with Crippen molar-refractivity contribution in [3.8, 4) is 0 Å². The highest BCUT2D eigenvalue weighted by atomic mass is 35.5. The monoisotopic (exact) mass is 368 g/mol. The molecule has 132 valence electrons. The molecule has 3 rings (SSSR count). The van der Waals surface area contributed by atoms with Crippen LogP contribution in [0.15, 0.2) is 18.2 Å². The lowest BCUT2D eigenvalue weighted by Crippen LogP contribution is -2.50. The average molecular weight is 369 g/mol. The molecule has 5 heteroatoms. The lowest BCUT2D eigenvalue weighted by Gasteiger charge is -2.41. The number of amides is 2. The van der Waals surface area contributed by atoms with Gasteiger partial charge >= 0.3 is 6.03 Å². The summed E-state index contributed by atoms with van der Waals surface area (Å²) in [5.41, 5.74) is 0.603. The molecule has 2 aliphatic rings. The minimum Gasteiger partial charge on any atom is -0.319 e. The smallest absolute Gasteiger partial charge is 0.319 e. The summed E-state index contributed by atoms with van der Waals surface area (Å²) in [6.45, 7) is 0. The zero-order valence-corrected chi connectivity index (χ0v) is 15.6. The number of halogens is 2. The Labute approximate surface area is 154 Å². The van der Waals surface area contributed by atoms with Crippen LogP contribution in [0.5, 0.6) is 0 Å². The predicted molar refractivity (Wildman–Crippen MR) is 101 cm³/mol. The highest BCUT2D eigenvalue weighted by Crippen LogP contribution is 2.33. The van der Waals surface area contributed by atoms with Crippen LogP contribution < -0.4 is 5.32 Å². The molecular weight excluding hydrogens is 343 g/mol. The van der Waals surface area contributed by atoms with Crippen molar-refractivity contribution in [1.82, 2.24) is 4.90 Å². The first-order chi connectivity index (χ1) is 11.7. The van der Waals surface area contributed by atoms with E-state index in [2.05, 4.69) is 10.2 Å². The number of nitrogens with one attached hydrogen (secondary N) is 1.